The topological polar surface area (TPSA) is 36.7 Å². The lowest BCUT2D eigenvalue weighted by molar-refractivity contribution is 0.0607. The van der Waals surface area contributed by atoms with Gasteiger partial charge in [-0.3, -0.25) is 9.69 Å². The van der Waals surface area contributed by atoms with Crippen molar-refractivity contribution < 1.29 is 9.21 Å². The molecule has 0 N–H and O–H groups in total. The van der Waals surface area contributed by atoms with E-state index in [9.17, 15) is 4.79 Å². The van der Waals surface area contributed by atoms with E-state index in [0.29, 0.717) is 5.76 Å². The van der Waals surface area contributed by atoms with Crippen molar-refractivity contribution in [2.45, 2.75) is 6.42 Å². The predicted molar refractivity (Wildman–Crippen MR) is 86.2 cm³/mol. The lowest BCUT2D eigenvalue weighted by atomic mass is 10.1. The molecule has 0 atom stereocenters. The Morgan fingerprint density at radius 3 is 2.45 bits per heavy atom. The van der Waals surface area contributed by atoms with Gasteiger partial charge in [0.25, 0.3) is 5.91 Å². The van der Waals surface area contributed by atoms with Crippen LogP contribution >= 0.6 is 11.6 Å². The van der Waals surface area contributed by atoms with Crippen molar-refractivity contribution in [3.05, 3.63) is 59.0 Å². The smallest absolute Gasteiger partial charge is 0.289 e. The maximum Gasteiger partial charge on any atom is 0.289 e. The Hall–Kier alpha value is -1.78. The van der Waals surface area contributed by atoms with Crippen LogP contribution in [0.15, 0.2) is 47.1 Å². The summed E-state index contributed by atoms with van der Waals surface area (Å²) >= 11 is 5.89. The lowest BCUT2D eigenvalue weighted by Crippen LogP contribution is -2.49. The fourth-order valence-corrected chi connectivity index (χ4v) is 2.79. The molecule has 1 aliphatic rings. The summed E-state index contributed by atoms with van der Waals surface area (Å²) in [7, 11) is 0. The van der Waals surface area contributed by atoms with E-state index < -0.39 is 0 Å². The van der Waals surface area contributed by atoms with Gasteiger partial charge in [0.05, 0.1) is 6.26 Å². The molecule has 2 heterocycles. The minimum atomic E-state index is -0.0117. The Kier molecular flexibility index (Phi) is 4.80. The maximum atomic E-state index is 12.2. The van der Waals surface area contributed by atoms with Crippen LogP contribution in [0.4, 0.5) is 0 Å². The Bertz CT molecular complexity index is 602. The highest BCUT2D eigenvalue weighted by atomic mass is 35.5. The molecule has 0 unspecified atom stereocenters. The number of furan rings is 1. The normalized spacial score (nSPS) is 16.0. The maximum absolute atomic E-state index is 12.2. The minimum Gasteiger partial charge on any atom is -0.459 e. The molecule has 22 heavy (non-hydrogen) atoms. The van der Waals surface area contributed by atoms with E-state index >= 15 is 0 Å². The molecule has 5 heteroatoms. The summed E-state index contributed by atoms with van der Waals surface area (Å²) < 4.78 is 5.17. The molecule has 4 nitrogen and oxygen atoms in total. The number of nitrogens with zero attached hydrogens (tertiary/aromatic N) is 2. The van der Waals surface area contributed by atoms with Crippen LogP contribution in [-0.2, 0) is 6.42 Å². The summed E-state index contributed by atoms with van der Waals surface area (Å²) in [6.45, 7) is 4.31. The Balaban J connectivity index is 1.45. The van der Waals surface area contributed by atoms with Gasteiger partial charge in [-0.2, -0.15) is 0 Å². The van der Waals surface area contributed by atoms with Crippen LogP contribution < -0.4 is 0 Å². The first-order chi connectivity index (χ1) is 10.7. The predicted octanol–water partition coefficient (Wildman–Crippen LogP) is 2.93. The van der Waals surface area contributed by atoms with E-state index in [4.69, 9.17) is 16.0 Å². The number of piperazine rings is 1. The van der Waals surface area contributed by atoms with Crippen LogP contribution in [-0.4, -0.2) is 48.4 Å². The van der Waals surface area contributed by atoms with Crippen molar-refractivity contribution in [1.82, 2.24) is 9.80 Å². The number of rotatable bonds is 4. The summed E-state index contributed by atoms with van der Waals surface area (Å²) in [5.41, 5.74) is 1.29. The van der Waals surface area contributed by atoms with Crippen molar-refractivity contribution in [3.63, 3.8) is 0 Å². The van der Waals surface area contributed by atoms with Crippen molar-refractivity contribution in [1.29, 1.82) is 0 Å². The summed E-state index contributed by atoms with van der Waals surface area (Å²) in [5.74, 6) is 0.414. The molecule has 1 amide bonds. The molecule has 0 radical (unpaired) electrons. The Morgan fingerprint density at radius 1 is 1.09 bits per heavy atom. The molecule has 2 aromatic rings. The van der Waals surface area contributed by atoms with Crippen LogP contribution in [0.5, 0.6) is 0 Å². The first-order valence-corrected chi connectivity index (χ1v) is 7.90. The Labute approximate surface area is 135 Å². The second-order valence-electron chi connectivity index (χ2n) is 5.49. The summed E-state index contributed by atoms with van der Waals surface area (Å²) in [5, 5.41) is 0.772. The molecule has 1 aliphatic heterocycles. The quantitative estimate of drug-likeness (QED) is 0.869. The lowest BCUT2D eigenvalue weighted by Gasteiger charge is -2.34. The average molecular weight is 319 g/mol. The van der Waals surface area contributed by atoms with Gasteiger partial charge in [-0.15, -0.1) is 0 Å². The van der Waals surface area contributed by atoms with Gasteiger partial charge >= 0.3 is 0 Å². The van der Waals surface area contributed by atoms with Gasteiger partial charge in [0.2, 0.25) is 0 Å². The number of benzene rings is 1. The van der Waals surface area contributed by atoms with Crippen LogP contribution in [0.25, 0.3) is 0 Å². The highest BCUT2D eigenvalue weighted by molar-refractivity contribution is 6.30. The number of hydrogen-bond donors (Lipinski definition) is 0. The van der Waals surface area contributed by atoms with Gasteiger partial charge in [-0.1, -0.05) is 23.7 Å². The monoisotopic (exact) mass is 318 g/mol. The molecule has 116 valence electrons. The van der Waals surface area contributed by atoms with E-state index in [-0.39, 0.29) is 5.91 Å². The van der Waals surface area contributed by atoms with Crippen LogP contribution in [0.2, 0.25) is 5.02 Å². The third-order valence-corrected chi connectivity index (χ3v) is 4.27. The van der Waals surface area contributed by atoms with Crippen LogP contribution in [0, 0.1) is 0 Å². The van der Waals surface area contributed by atoms with E-state index in [1.165, 1.54) is 11.8 Å². The number of halogens is 1. The molecule has 3 rings (SSSR count). The molecular weight excluding hydrogens is 300 g/mol. The van der Waals surface area contributed by atoms with E-state index in [0.717, 1.165) is 44.2 Å². The summed E-state index contributed by atoms with van der Waals surface area (Å²) in [6, 6.07) is 11.5. The van der Waals surface area contributed by atoms with E-state index in [2.05, 4.69) is 17.0 Å². The zero-order chi connectivity index (χ0) is 15.4. The molecule has 1 saturated heterocycles. The molecule has 0 spiro atoms. The summed E-state index contributed by atoms with van der Waals surface area (Å²) in [4.78, 5) is 16.4. The van der Waals surface area contributed by atoms with Gasteiger partial charge in [0.15, 0.2) is 5.76 Å². The number of amides is 1. The molecule has 0 saturated carbocycles. The molecule has 1 fully saturated rings. The molecule has 0 aliphatic carbocycles. The van der Waals surface area contributed by atoms with Crippen molar-refractivity contribution in [2.75, 3.05) is 32.7 Å². The fourth-order valence-electron chi connectivity index (χ4n) is 2.67. The first kappa shape index (κ1) is 15.1. The second kappa shape index (κ2) is 6.99. The van der Waals surface area contributed by atoms with Crippen molar-refractivity contribution in [3.8, 4) is 0 Å². The fraction of sp³-hybridized carbons (Fsp3) is 0.353. The standard InChI is InChI=1S/C17H19ClN2O2/c18-15-5-3-14(4-6-15)7-8-19-9-11-20(12-10-19)17(21)16-2-1-13-22-16/h1-6,13H,7-12H2. The van der Waals surface area contributed by atoms with Crippen molar-refractivity contribution >= 4 is 17.5 Å². The summed E-state index contributed by atoms with van der Waals surface area (Å²) in [6.07, 6.45) is 2.54. The van der Waals surface area contributed by atoms with Crippen LogP contribution in [0.3, 0.4) is 0 Å². The largest absolute Gasteiger partial charge is 0.459 e. The highest BCUT2D eigenvalue weighted by Crippen LogP contribution is 2.12. The first-order valence-electron chi connectivity index (χ1n) is 7.52. The molecule has 1 aromatic heterocycles. The Morgan fingerprint density at radius 2 is 1.82 bits per heavy atom. The second-order valence-corrected chi connectivity index (χ2v) is 5.92. The van der Waals surface area contributed by atoms with E-state index in [1.54, 1.807) is 12.1 Å². The van der Waals surface area contributed by atoms with Crippen LogP contribution in [0.1, 0.15) is 16.1 Å². The molecule has 0 bridgehead atoms. The van der Waals surface area contributed by atoms with E-state index in [1.807, 2.05) is 17.0 Å². The number of hydrogen-bond acceptors (Lipinski definition) is 3. The van der Waals surface area contributed by atoms with Gasteiger partial charge in [0.1, 0.15) is 0 Å². The molecular formula is C17H19ClN2O2. The third kappa shape index (κ3) is 3.70. The zero-order valence-corrected chi connectivity index (χ0v) is 13.1. The van der Waals surface area contributed by atoms with Gasteiger partial charge in [-0.05, 0) is 36.2 Å². The third-order valence-electron chi connectivity index (χ3n) is 4.02. The van der Waals surface area contributed by atoms with Gasteiger partial charge in [0, 0.05) is 37.7 Å². The average Bonchev–Trinajstić information content (AvgIpc) is 3.09. The number of carbonyl (C=O) groups is 1. The van der Waals surface area contributed by atoms with Gasteiger partial charge < -0.3 is 9.32 Å². The minimum absolute atomic E-state index is 0.0117. The van der Waals surface area contributed by atoms with Gasteiger partial charge in [-0.25, -0.2) is 0 Å². The van der Waals surface area contributed by atoms with Crippen molar-refractivity contribution in [2.24, 2.45) is 0 Å². The molecule has 1 aromatic carbocycles. The SMILES string of the molecule is O=C(c1ccco1)N1CCN(CCc2ccc(Cl)cc2)CC1. The number of carbonyl (C=O) groups excluding carboxylic acids is 1. The zero-order valence-electron chi connectivity index (χ0n) is 12.4. The highest BCUT2D eigenvalue weighted by Gasteiger charge is 2.23.